The average Bonchev–Trinajstić information content (AvgIpc) is 2.97. The zero-order valence-corrected chi connectivity index (χ0v) is 12.0. The molecule has 0 amide bonds. The van der Waals surface area contributed by atoms with Gasteiger partial charge < -0.3 is 10.4 Å². The lowest BCUT2D eigenvalue weighted by atomic mass is 9.92. The van der Waals surface area contributed by atoms with Gasteiger partial charge in [0.05, 0.1) is 0 Å². The van der Waals surface area contributed by atoms with Gasteiger partial charge in [-0.15, -0.1) is 23.7 Å². The quantitative estimate of drug-likeness (QED) is 0.916. The molecule has 1 aliphatic rings. The maximum atomic E-state index is 11.1. The lowest BCUT2D eigenvalue weighted by molar-refractivity contribution is -0.140. The van der Waals surface area contributed by atoms with E-state index in [9.17, 15) is 4.79 Å². The van der Waals surface area contributed by atoms with Crippen LogP contribution < -0.4 is 5.32 Å². The zero-order valence-electron chi connectivity index (χ0n) is 10.3. The average molecular weight is 298 g/mol. The number of aliphatic carboxylic acids is 1. The lowest BCUT2D eigenvalue weighted by Crippen LogP contribution is -2.36. The van der Waals surface area contributed by atoms with Crippen LogP contribution in [0.15, 0.2) is 29.6 Å². The van der Waals surface area contributed by atoms with Crippen LogP contribution in [0.5, 0.6) is 0 Å². The summed E-state index contributed by atoms with van der Waals surface area (Å²) in [5.41, 5.74) is 1.29. The summed E-state index contributed by atoms with van der Waals surface area (Å²) in [4.78, 5) is 11.1. The second kappa shape index (κ2) is 5.90. The van der Waals surface area contributed by atoms with Gasteiger partial charge in [-0.1, -0.05) is 18.2 Å². The molecule has 2 atom stereocenters. The van der Waals surface area contributed by atoms with Gasteiger partial charge in [-0.25, -0.2) is 0 Å². The van der Waals surface area contributed by atoms with Crippen LogP contribution in [0.1, 0.15) is 12.0 Å². The number of thiophene rings is 1. The van der Waals surface area contributed by atoms with E-state index in [0.717, 1.165) is 19.4 Å². The number of benzene rings is 1. The maximum Gasteiger partial charge on any atom is 0.320 e. The molecule has 1 aromatic carbocycles. The molecule has 1 aliphatic heterocycles. The number of hydrogen-bond donors (Lipinski definition) is 2. The maximum absolute atomic E-state index is 11.1. The third-order valence-electron chi connectivity index (χ3n) is 3.66. The summed E-state index contributed by atoms with van der Waals surface area (Å²) in [7, 11) is 0. The Morgan fingerprint density at radius 1 is 1.42 bits per heavy atom. The first kappa shape index (κ1) is 14.3. The van der Waals surface area contributed by atoms with Gasteiger partial charge in [-0.2, -0.15) is 0 Å². The molecule has 0 saturated carbocycles. The standard InChI is InChI=1S/C14H15NO2S.ClH/c16-14(17)13-9(5-6-15-13)7-10-8-18-12-4-2-1-3-11(10)12;/h1-4,8-9,13,15H,5-7H2,(H,16,17);1H/t9?,13-;/m0./s1. The number of carbonyl (C=O) groups is 1. The van der Waals surface area contributed by atoms with E-state index in [0.29, 0.717) is 0 Å². The molecule has 1 aromatic heterocycles. The van der Waals surface area contributed by atoms with Gasteiger partial charge in [0, 0.05) is 4.70 Å². The Kier molecular flexibility index (Phi) is 4.45. The smallest absolute Gasteiger partial charge is 0.320 e. The highest BCUT2D eigenvalue weighted by Crippen LogP contribution is 2.30. The normalized spacial score (nSPS) is 22.3. The van der Waals surface area contributed by atoms with Crippen molar-refractivity contribution in [2.24, 2.45) is 5.92 Å². The van der Waals surface area contributed by atoms with Gasteiger partial charge in [-0.05, 0) is 47.7 Å². The Morgan fingerprint density at radius 2 is 2.21 bits per heavy atom. The number of hydrogen-bond acceptors (Lipinski definition) is 3. The summed E-state index contributed by atoms with van der Waals surface area (Å²) in [5, 5.41) is 15.7. The second-order valence-electron chi connectivity index (χ2n) is 4.78. The Labute approximate surface area is 122 Å². The summed E-state index contributed by atoms with van der Waals surface area (Å²) in [5.74, 6) is -0.516. The molecule has 3 rings (SSSR count). The molecule has 19 heavy (non-hydrogen) atoms. The molecule has 2 heterocycles. The van der Waals surface area contributed by atoms with Crippen LogP contribution in [-0.4, -0.2) is 23.7 Å². The SMILES string of the molecule is Cl.O=C(O)[C@H]1NCCC1Cc1csc2ccccc12. The lowest BCUT2D eigenvalue weighted by Gasteiger charge is -2.14. The van der Waals surface area contributed by atoms with E-state index >= 15 is 0 Å². The largest absolute Gasteiger partial charge is 0.480 e. The molecule has 1 saturated heterocycles. The molecule has 2 aromatic rings. The molecule has 102 valence electrons. The van der Waals surface area contributed by atoms with E-state index in [1.807, 2.05) is 12.1 Å². The van der Waals surface area contributed by atoms with E-state index in [4.69, 9.17) is 5.11 Å². The molecule has 2 N–H and O–H groups in total. The number of carboxylic acids is 1. The van der Waals surface area contributed by atoms with Crippen molar-refractivity contribution in [3.8, 4) is 0 Å². The Hall–Kier alpha value is -1.10. The highest BCUT2D eigenvalue weighted by atomic mass is 35.5. The van der Waals surface area contributed by atoms with E-state index < -0.39 is 5.97 Å². The first-order chi connectivity index (χ1) is 8.75. The molecular formula is C14H16ClNO2S. The minimum Gasteiger partial charge on any atom is -0.480 e. The molecule has 1 unspecified atom stereocenters. The minimum atomic E-state index is -0.725. The third-order valence-corrected chi connectivity index (χ3v) is 4.67. The number of carboxylic acid groups (broad SMARTS) is 1. The summed E-state index contributed by atoms with van der Waals surface area (Å²) in [6.07, 6.45) is 1.80. The van der Waals surface area contributed by atoms with Gasteiger partial charge in [0.1, 0.15) is 6.04 Å². The van der Waals surface area contributed by atoms with Gasteiger partial charge >= 0.3 is 5.97 Å². The van der Waals surface area contributed by atoms with E-state index in [1.54, 1.807) is 11.3 Å². The van der Waals surface area contributed by atoms with E-state index in [-0.39, 0.29) is 24.4 Å². The molecule has 0 spiro atoms. The van der Waals surface area contributed by atoms with Crippen LogP contribution in [-0.2, 0) is 11.2 Å². The Morgan fingerprint density at radius 3 is 3.00 bits per heavy atom. The molecule has 0 bridgehead atoms. The fourth-order valence-electron chi connectivity index (χ4n) is 2.74. The summed E-state index contributed by atoms with van der Waals surface area (Å²) >= 11 is 1.74. The Bertz CT molecular complexity index is 584. The van der Waals surface area contributed by atoms with E-state index in [2.05, 4.69) is 22.8 Å². The predicted octanol–water partition coefficient (Wildman–Crippen LogP) is 2.93. The van der Waals surface area contributed by atoms with Gasteiger partial charge in [0.15, 0.2) is 0 Å². The molecular weight excluding hydrogens is 282 g/mol. The predicted molar refractivity (Wildman–Crippen MR) is 80.3 cm³/mol. The second-order valence-corrected chi connectivity index (χ2v) is 5.69. The van der Waals surface area contributed by atoms with Gasteiger partial charge in [0.25, 0.3) is 0 Å². The molecule has 5 heteroatoms. The van der Waals surface area contributed by atoms with Gasteiger partial charge in [-0.3, -0.25) is 4.79 Å². The van der Waals surface area contributed by atoms with Crippen LogP contribution in [0.3, 0.4) is 0 Å². The van der Waals surface area contributed by atoms with Crippen LogP contribution in [0, 0.1) is 5.92 Å². The summed E-state index contributed by atoms with van der Waals surface area (Å²) in [6.45, 7) is 0.809. The van der Waals surface area contributed by atoms with Crippen LogP contribution in [0.2, 0.25) is 0 Å². The van der Waals surface area contributed by atoms with Crippen LogP contribution in [0.4, 0.5) is 0 Å². The highest BCUT2D eigenvalue weighted by molar-refractivity contribution is 7.17. The van der Waals surface area contributed by atoms with Crippen molar-refractivity contribution in [3.63, 3.8) is 0 Å². The topological polar surface area (TPSA) is 49.3 Å². The summed E-state index contributed by atoms with van der Waals surface area (Å²) < 4.78 is 1.28. The van der Waals surface area contributed by atoms with E-state index in [1.165, 1.54) is 15.6 Å². The third kappa shape index (κ3) is 2.76. The summed E-state index contributed by atoms with van der Waals surface area (Å²) in [6, 6.07) is 7.94. The van der Waals surface area contributed by atoms with Crippen LogP contribution >= 0.6 is 23.7 Å². The molecule has 3 nitrogen and oxygen atoms in total. The van der Waals surface area contributed by atoms with Crippen molar-refractivity contribution in [2.75, 3.05) is 6.54 Å². The number of fused-ring (bicyclic) bond motifs is 1. The number of nitrogens with one attached hydrogen (secondary N) is 1. The minimum absolute atomic E-state index is 0. The van der Waals surface area contributed by atoms with Crippen molar-refractivity contribution < 1.29 is 9.90 Å². The first-order valence-electron chi connectivity index (χ1n) is 6.17. The Balaban J connectivity index is 0.00000133. The van der Waals surface area contributed by atoms with Crippen molar-refractivity contribution in [1.29, 1.82) is 0 Å². The first-order valence-corrected chi connectivity index (χ1v) is 7.05. The van der Waals surface area contributed by atoms with Crippen molar-refractivity contribution in [3.05, 3.63) is 35.2 Å². The number of halogens is 1. The van der Waals surface area contributed by atoms with Gasteiger partial charge in [0.2, 0.25) is 0 Å². The monoisotopic (exact) mass is 297 g/mol. The molecule has 0 aliphatic carbocycles. The van der Waals surface area contributed by atoms with Crippen LogP contribution in [0.25, 0.3) is 10.1 Å². The fourth-order valence-corrected chi connectivity index (χ4v) is 3.72. The molecule has 1 fully saturated rings. The van der Waals surface area contributed by atoms with Crippen molar-refractivity contribution >= 4 is 39.8 Å². The number of rotatable bonds is 3. The van der Waals surface area contributed by atoms with Crippen molar-refractivity contribution in [1.82, 2.24) is 5.32 Å². The van der Waals surface area contributed by atoms with Crippen molar-refractivity contribution in [2.45, 2.75) is 18.9 Å². The molecule has 0 radical (unpaired) electrons. The fraction of sp³-hybridized carbons (Fsp3) is 0.357. The highest BCUT2D eigenvalue weighted by Gasteiger charge is 2.32. The zero-order chi connectivity index (χ0) is 12.5.